The van der Waals surface area contributed by atoms with Crippen LogP contribution in [-0.2, 0) is 6.18 Å². The number of nitrogens with one attached hydrogen (secondary N) is 3. The molecule has 1 aromatic carbocycles. The maximum Gasteiger partial charge on any atom is 0.420 e. The molecule has 2 aliphatic rings. The fraction of sp³-hybridized carbons (Fsp3) is 0.450. The summed E-state index contributed by atoms with van der Waals surface area (Å²) in [7, 11) is 1.16. The van der Waals surface area contributed by atoms with E-state index in [-0.39, 0.29) is 53.5 Å². The molecule has 2 atom stereocenters. The average Bonchev–Trinajstić information content (AvgIpc) is 2.75. The first kappa shape index (κ1) is 21.9. The van der Waals surface area contributed by atoms with Gasteiger partial charge in [0, 0.05) is 17.8 Å². The van der Waals surface area contributed by atoms with Crippen LogP contribution in [0.1, 0.15) is 41.6 Å². The van der Waals surface area contributed by atoms with Crippen molar-refractivity contribution in [3.63, 3.8) is 0 Å². The minimum Gasteiger partial charge on any atom is -0.496 e. The quantitative estimate of drug-likeness (QED) is 0.546. The van der Waals surface area contributed by atoms with Crippen molar-refractivity contribution in [2.75, 3.05) is 24.5 Å². The molecule has 1 aromatic heterocycles. The van der Waals surface area contributed by atoms with Crippen molar-refractivity contribution in [2.24, 2.45) is 5.73 Å². The summed E-state index contributed by atoms with van der Waals surface area (Å²) >= 11 is 0. The molecule has 0 radical (unpaired) electrons. The van der Waals surface area contributed by atoms with Crippen LogP contribution in [0, 0.1) is 0 Å². The third-order valence-electron chi connectivity index (χ3n) is 5.45. The van der Waals surface area contributed by atoms with E-state index in [0.29, 0.717) is 0 Å². The number of carbonyl (C=O) groups is 1. The molecule has 172 valence electrons. The first-order valence-electron chi connectivity index (χ1n) is 10.1. The van der Waals surface area contributed by atoms with Crippen molar-refractivity contribution in [1.29, 1.82) is 0 Å². The second kappa shape index (κ2) is 8.69. The summed E-state index contributed by atoms with van der Waals surface area (Å²) in [6, 6.07) is 3.33. The predicted molar refractivity (Wildman–Crippen MR) is 110 cm³/mol. The summed E-state index contributed by atoms with van der Waals surface area (Å²) in [5, 5.41) is 8.48. The van der Waals surface area contributed by atoms with Gasteiger partial charge in [0.15, 0.2) is 12.5 Å². The molecule has 9 nitrogen and oxygen atoms in total. The third-order valence-corrected chi connectivity index (χ3v) is 5.45. The molecule has 12 heteroatoms. The van der Waals surface area contributed by atoms with Crippen molar-refractivity contribution < 1.29 is 27.4 Å². The molecule has 32 heavy (non-hydrogen) atoms. The number of alkyl halides is 3. The molecule has 1 amide bonds. The fourth-order valence-electron chi connectivity index (χ4n) is 3.81. The highest BCUT2D eigenvalue weighted by Gasteiger charge is 2.35. The minimum atomic E-state index is -4.63. The molecule has 5 N–H and O–H groups in total. The molecular formula is C20H23F3N6O3. The Kier molecular flexibility index (Phi) is 5.96. The average molecular weight is 452 g/mol. The molecular weight excluding hydrogens is 429 g/mol. The zero-order chi connectivity index (χ0) is 22.9. The van der Waals surface area contributed by atoms with Gasteiger partial charge in [-0.1, -0.05) is 12.8 Å². The number of carbonyl (C=O) groups excluding carboxylic acids is 1. The van der Waals surface area contributed by atoms with Gasteiger partial charge in [0.2, 0.25) is 11.8 Å². The van der Waals surface area contributed by atoms with Gasteiger partial charge >= 0.3 is 6.18 Å². The molecule has 0 spiro atoms. The van der Waals surface area contributed by atoms with Crippen molar-refractivity contribution >= 4 is 23.4 Å². The highest BCUT2D eigenvalue weighted by molar-refractivity contribution is 6.02. The van der Waals surface area contributed by atoms with Crippen molar-refractivity contribution in [3.05, 3.63) is 29.3 Å². The van der Waals surface area contributed by atoms with E-state index in [1.807, 2.05) is 0 Å². The maximum atomic E-state index is 13.4. The molecule has 0 unspecified atom stereocenters. The Hall–Kier alpha value is -3.28. The Morgan fingerprint density at radius 1 is 1.25 bits per heavy atom. The lowest BCUT2D eigenvalue weighted by molar-refractivity contribution is -0.138. The first-order chi connectivity index (χ1) is 15.3. The lowest BCUT2D eigenvalue weighted by Gasteiger charge is -2.30. The number of nitrogens with two attached hydrogens (primary N) is 1. The number of halogens is 3. The Morgan fingerprint density at radius 2 is 2.03 bits per heavy atom. The smallest absolute Gasteiger partial charge is 0.420 e. The molecule has 2 aromatic rings. The Morgan fingerprint density at radius 3 is 2.75 bits per heavy atom. The van der Waals surface area contributed by atoms with Gasteiger partial charge in [0.1, 0.15) is 11.3 Å². The van der Waals surface area contributed by atoms with Gasteiger partial charge in [-0.3, -0.25) is 4.79 Å². The third kappa shape index (κ3) is 4.49. The number of anilines is 3. The van der Waals surface area contributed by atoms with Crippen LogP contribution in [-0.4, -0.2) is 41.8 Å². The summed E-state index contributed by atoms with van der Waals surface area (Å²) in [6.45, 7) is -0.0779. The van der Waals surface area contributed by atoms with E-state index < -0.39 is 17.6 Å². The van der Waals surface area contributed by atoms with E-state index in [9.17, 15) is 18.0 Å². The second-order valence-electron chi connectivity index (χ2n) is 7.61. The molecule has 0 bridgehead atoms. The number of fused-ring (bicyclic) bond motifs is 1. The standard InChI is InChI=1S/C20H23F3N6O3/c1-31-14-7-6-10(8-11(14)20(21,22)23)26-16-15-17(30)25-9-32-18(15)29-19(28-16)27-13-5-3-2-4-12(13)24/h6-8,12-13H,2-5,9,24H2,1H3,(H,25,30)(H2,26,27,28,29)/t12-,13+/m0/s1. The molecule has 1 fully saturated rings. The summed E-state index contributed by atoms with van der Waals surface area (Å²) in [4.78, 5) is 21.1. The van der Waals surface area contributed by atoms with Gasteiger partial charge in [-0.25, -0.2) is 0 Å². The summed E-state index contributed by atoms with van der Waals surface area (Å²) < 4.78 is 50.5. The molecule has 4 rings (SSSR count). The minimum absolute atomic E-state index is 0.000815. The Labute approximate surface area is 181 Å². The Bertz CT molecular complexity index is 1020. The lowest BCUT2D eigenvalue weighted by Crippen LogP contribution is -2.43. The number of hydrogen-bond donors (Lipinski definition) is 4. The highest BCUT2D eigenvalue weighted by Crippen LogP contribution is 2.39. The van der Waals surface area contributed by atoms with Gasteiger partial charge in [-0.05, 0) is 31.0 Å². The summed E-state index contributed by atoms with van der Waals surface area (Å²) in [5.74, 6) is -0.602. The molecule has 1 saturated carbocycles. The highest BCUT2D eigenvalue weighted by atomic mass is 19.4. The fourth-order valence-corrected chi connectivity index (χ4v) is 3.81. The number of aromatic nitrogens is 2. The van der Waals surface area contributed by atoms with Crippen molar-refractivity contribution in [1.82, 2.24) is 15.3 Å². The maximum absolute atomic E-state index is 13.4. The van der Waals surface area contributed by atoms with Crippen LogP contribution in [0.3, 0.4) is 0 Å². The Balaban J connectivity index is 1.70. The first-order valence-corrected chi connectivity index (χ1v) is 10.1. The van der Waals surface area contributed by atoms with Crippen LogP contribution < -0.4 is 31.2 Å². The lowest BCUT2D eigenvalue weighted by atomic mass is 9.91. The number of benzene rings is 1. The van der Waals surface area contributed by atoms with E-state index in [4.69, 9.17) is 15.2 Å². The zero-order valence-electron chi connectivity index (χ0n) is 17.3. The van der Waals surface area contributed by atoms with E-state index in [1.165, 1.54) is 12.1 Å². The van der Waals surface area contributed by atoms with Crippen molar-refractivity contribution in [3.8, 4) is 11.6 Å². The molecule has 2 heterocycles. The molecule has 1 aliphatic heterocycles. The van der Waals surface area contributed by atoms with Crippen LogP contribution in [0.15, 0.2) is 18.2 Å². The predicted octanol–water partition coefficient (Wildman–Crippen LogP) is 3.01. The van der Waals surface area contributed by atoms with Crippen molar-refractivity contribution in [2.45, 2.75) is 43.9 Å². The molecule has 0 saturated heterocycles. The van der Waals surface area contributed by atoms with E-state index in [1.54, 1.807) is 0 Å². The normalized spacial score (nSPS) is 20.6. The van der Waals surface area contributed by atoms with Crippen LogP contribution in [0.25, 0.3) is 0 Å². The number of ether oxygens (including phenoxy) is 2. The number of hydrogen-bond acceptors (Lipinski definition) is 8. The van der Waals surface area contributed by atoms with Gasteiger partial charge < -0.3 is 31.2 Å². The van der Waals surface area contributed by atoms with Gasteiger partial charge in [-0.2, -0.15) is 23.1 Å². The van der Waals surface area contributed by atoms with Crippen LogP contribution in [0.5, 0.6) is 11.6 Å². The zero-order valence-corrected chi connectivity index (χ0v) is 17.3. The second-order valence-corrected chi connectivity index (χ2v) is 7.61. The number of nitrogens with zero attached hydrogens (tertiary/aromatic N) is 2. The molecule has 1 aliphatic carbocycles. The van der Waals surface area contributed by atoms with E-state index in [2.05, 4.69) is 25.9 Å². The van der Waals surface area contributed by atoms with Gasteiger partial charge in [0.25, 0.3) is 5.91 Å². The van der Waals surface area contributed by atoms with Crippen LogP contribution >= 0.6 is 0 Å². The van der Waals surface area contributed by atoms with Gasteiger partial charge in [-0.15, -0.1) is 0 Å². The number of amides is 1. The van der Waals surface area contributed by atoms with Crippen LogP contribution in [0.2, 0.25) is 0 Å². The summed E-state index contributed by atoms with van der Waals surface area (Å²) in [5.41, 5.74) is 5.29. The monoisotopic (exact) mass is 452 g/mol. The van der Waals surface area contributed by atoms with Crippen LogP contribution in [0.4, 0.5) is 30.6 Å². The largest absolute Gasteiger partial charge is 0.496 e. The summed E-state index contributed by atoms with van der Waals surface area (Å²) in [6.07, 6.45) is -0.887. The van der Waals surface area contributed by atoms with E-state index in [0.717, 1.165) is 38.9 Å². The SMILES string of the molecule is COc1ccc(Nc2nc(N[C@@H]3CCCC[C@@H]3N)nc3c2C(=O)NCO3)cc1C(F)(F)F. The van der Waals surface area contributed by atoms with E-state index >= 15 is 0 Å². The topological polar surface area (TPSA) is 123 Å². The number of rotatable bonds is 5. The van der Waals surface area contributed by atoms with Gasteiger partial charge in [0.05, 0.1) is 12.7 Å². The number of methoxy groups -OCH3 is 1.